The number of rotatable bonds is 3. The molecule has 3 heterocycles. The van der Waals surface area contributed by atoms with Crippen LogP contribution < -0.4 is 5.32 Å². The maximum atomic E-state index is 14.4. The van der Waals surface area contributed by atoms with E-state index in [0.29, 0.717) is 17.7 Å². The number of alkyl halides is 3. The second-order valence-corrected chi connectivity index (χ2v) is 10.6. The highest BCUT2D eigenvalue weighted by molar-refractivity contribution is 7.99. The molecule has 0 aliphatic carbocycles. The number of nitrogens with zero attached hydrogens (tertiary/aromatic N) is 2. The molecule has 2 aromatic carbocycles. The Balaban J connectivity index is 1.44. The number of likely N-dealkylation sites (tertiary alicyclic amines) is 1. The molecule has 13 heteroatoms. The fraction of sp³-hybridized carbons (Fsp3) is 0.348. The number of ether oxygens (including phenoxy) is 1. The number of urea groups is 1. The summed E-state index contributed by atoms with van der Waals surface area (Å²) in [6, 6.07) is 6.19. The lowest BCUT2D eigenvalue weighted by Crippen LogP contribution is -2.63. The number of benzene rings is 2. The van der Waals surface area contributed by atoms with Gasteiger partial charge in [-0.15, -0.1) is 0 Å². The first-order valence-electron chi connectivity index (χ1n) is 10.8. The van der Waals surface area contributed by atoms with Crippen LogP contribution in [0.25, 0.3) is 0 Å². The highest BCUT2D eigenvalue weighted by Crippen LogP contribution is 2.57. The molecule has 0 saturated carbocycles. The summed E-state index contributed by atoms with van der Waals surface area (Å²) in [4.78, 5) is 26.2. The molecular formula is C23H17Cl2F4N3O3S. The van der Waals surface area contributed by atoms with Crippen molar-refractivity contribution in [1.82, 2.24) is 10.2 Å². The monoisotopic (exact) mass is 561 g/mol. The molecule has 3 aliphatic heterocycles. The van der Waals surface area contributed by atoms with E-state index in [-0.39, 0.29) is 47.9 Å². The first kappa shape index (κ1) is 25.2. The van der Waals surface area contributed by atoms with Crippen molar-refractivity contribution >= 4 is 52.9 Å². The van der Waals surface area contributed by atoms with Gasteiger partial charge in [0, 0.05) is 18.5 Å². The SMILES string of the molecule is CCNC(=O)N1CC2(C1)OC(=O)c1cc(C3=NSC(c4cc(Cl)c(F)c(Cl)c4)(C(F)(F)F)C3)ccc12. The molecule has 36 heavy (non-hydrogen) atoms. The lowest BCUT2D eigenvalue weighted by atomic mass is 9.83. The van der Waals surface area contributed by atoms with Crippen LogP contribution in [0.5, 0.6) is 0 Å². The lowest BCUT2D eigenvalue weighted by Gasteiger charge is -2.46. The largest absolute Gasteiger partial charge is 0.447 e. The minimum atomic E-state index is -4.78. The van der Waals surface area contributed by atoms with Crippen molar-refractivity contribution in [2.45, 2.75) is 29.9 Å². The fourth-order valence-electron chi connectivity index (χ4n) is 4.64. The molecule has 6 nitrogen and oxygen atoms in total. The van der Waals surface area contributed by atoms with Gasteiger partial charge in [0.25, 0.3) is 0 Å². The summed E-state index contributed by atoms with van der Waals surface area (Å²) in [5.74, 6) is -1.62. The third-order valence-corrected chi connectivity index (χ3v) is 8.28. The Labute approximate surface area is 217 Å². The van der Waals surface area contributed by atoms with Crippen LogP contribution in [0.4, 0.5) is 22.4 Å². The van der Waals surface area contributed by atoms with Crippen LogP contribution in [0.1, 0.15) is 40.4 Å². The Morgan fingerprint density at radius 1 is 1.22 bits per heavy atom. The predicted molar refractivity (Wildman–Crippen MR) is 127 cm³/mol. The van der Waals surface area contributed by atoms with E-state index in [4.69, 9.17) is 27.9 Å². The Hall–Kier alpha value is -2.50. The van der Waals surface area contributed by atoms with Crippen molar-refractivity contribution in [1.29, 1.82) is 0 Å². The topological polar surface area (TPSA) is 71.0 Å². The van der Waals surface area contributed by atoms with Crippen LogP contribution in [-0.2, 0) is 15.1 Å². The molecule has 190 valence electrons. The molecule has 0 aromatic heterocycles. The average molecular weight is 562 g/mol. The maximum Gasteiger partial charge on any atom is 0.409 e. The minimum Gasteiger partial charge on any atom is -0.447 e. The molecule has 1 atom stereocenters. The number of esters is 1. The van der Waals surface area contributed by atoms with E-state index in [1.807, 2.05) is 0 Å². The second kappa shape index (κ2) is 8.53. The van der Waals surface area contributed by atoms with E-state index in [9.17, 15) is 27.2 Å². The summed E-state index contributed by atoms with van der Waals surface area (Å²) in [6.07, 6.45) is -5.36. The zero-order valence-electron chi connectivity index (χ0n) is 18.5. The third-order valence-electron chi connectivity index (χ3n) is 6.50. The van der Waals surface area contributed by atoms with E-state index in [1.165, 1.54) is 11.0 Å². The number of hydrogen-bond donors (Lipinski definition) is 1. The van der Waals surface area contributed by atoms with Crippen LogP contribution in [-0.4, -0.2) is 48.4 Å². The zero-order valence-corrected chi connectivity index (χ0v) is 20.8. The van der Waals surface area contributed by atoms with Gasteiger partial charge in [0.05, 0.1) is 34.4 Å². The van der Waals surface area contributed by atoms with Gasteiger partial charge in [0.15, 0.2) is 16.2 Å². The Morgan fingerprint density at radius 2 is 1.89 bits per heavy atom. The summed E-state index contributed by atoms with van der Waals surface area (Å²) in [7, 11) is 0. The molecule has 1 saturated heterocycles. The number of halogens is 6. The predicted octanol–water partition coefficient (Wildman–Crippen LogP) is 5.84. The van der Waals surface area contributed by atoms with Crippen molar-refractivity contribution in [2.24, 2.45) is 4.40 Å². The van der Waals surface area contributed by atoms with Crippen LogP contribution in [0, 0.1) is 5.82 Å². The Kier molecular flexibility index (Phi) is 5.96. The molecular weight excluding hydrogens is 545 g/mol. The minimum absolute atomic E-state index is 0.100. The summed E-state index contributed by atoms with van der Waals surface area (Å²) in [5, 5.41) is 1.63. The van der Waals surface area contributed by atoms with E-state index < -0.39 is 44.8 Å². The van der Waals surface area contributed by atoms with Gasteiger partial charge in [0.1, 0.15) is 0 Å². The molecule has 0 bridgehead atoms. The van der Waals surface area contributed by atoms with Crippen molar-refractivity contribution < 1.29 is 31.9 Å². The highest BCUT2D eigenvalue weighted by atomic mass is 35.5. The van der Waals surface area contributed by atoms with Crippen LogP contribution in [0.15, 0.2) is 34.7 Å². The number of carbonyl (C=O) groups is 2. The van der Waals surface area contributed by atoms with Gasteiger partial charge >= 0.3 is 18.2 Å². The summed E-state index contributed by atoms with van der Waals surface area (Å²) < 4.78 is 64.1. The molecule has 1 N–H and O–H groups in total. The van der Waals surface area contributed by atoms with Crippen molar-refractivity contribution in [3.63, 3.8) is 0 Å². The third kappa shape index (κ3) is 3.74. The zero-order chi connectivity index (χ0) is 26.0. The van der Waals surface area contributed by atoms with Crippen LogP contribution in [0.2, 0.25) is 10.0 Å². The molecule has 0 radical (unpaired) electrons. The summed E-state index contributed by atoms with van der Waals surface area (Å²) in [6.45, 7) is 2.60. The molecule has 5 rings (SSSR count). The average Bonchev–Trinajstić information content (AvgIpc) is 3.37. The van der Waals surface area contributed by atoms with Gasteiger partial charge in [-0.3, -0.25) is 0 Å². The Bertz CT molecular complexity index is 1310. The van der Waals surface area contributed by atoms with E-state index >= 15 is 0 Å². The van der Waals surface area contributed by atoms with Crippen LogP contribution in [0.3, 0.4) is 0 Å². The van der Waals surface area contributed by atoms with Crippen LogP contribution >= 0.6 is 35.1 Å². The second-order valence-electron chi connectivity index (χ2n) is 8.72. The standard InChI is InChI=1S/C23H17Cl2F4N3O3S/c1-2-30-20(34)32-9-21(10-32)14-4-3-11(5-13(14)19(33)35-21)17-8-22(36-31-17,23(27,28)29)12-6-15(24)18(26)16(25)7-12/h3-7H,2,8-10H2,1H3,(H,30,34). The number of hydrogen-bond acceptors (Lipinski definition) is 5. The van der Waals surface area contributed by atoms with Gasteiger partial charge < -0.3 is 15.0 Å². The van der Waals surface area contributed by atoms with Gasteiger partial charge in [-0.25, -0.2) is 18.4 Å². The van der Waals surface area contributed by atoms with Gasteiger partial charge in [0.2, 0.25) is 0 Å². The van der Waals surface area contributed by atoms with Crippen molar-refractivity contribution in [2.75, 3.05) is 19.6 Å². The normalized spacial score (nSPS) is 22.2. The molecule has 1 spiro atoms. The Morgan fingerprint density at radius 3 is 2.50 bits per heavy atom. The van der Waals surface area contributed by atoms with Crippen molar-refractivity contribution in [3.05, 3.63) is 68.4 Å². The first-order chi connectivity index (χ1) is 16.9. The summed E-state index contributed by atoms with van der Waals surface area (Å²) in [5.41, 5.74) is -0.0897. The molecule has 2 aromatic rings. The van der Waals surface area contributed by atoms with E-state index in [1.54, 1.807) is 19.1 Å². The van der Waals surface area contributed by atoms with E-state index in [2.05, 4.69) is 9.71 Å². The molecule has 3 aliphatic rings. The lowest BCUT2D eigenvalue weighted by molar-refractivity contribution is -0.159. The number of nitrogens with one attached hydrogen (secondary N) is 1. The van der Waals surface area contributed by atoms with Crippen molar-refractivity contribution in [3.8, 4) is 0 Å². The van der Waals surface area contributed by atoms with Gasteiger partial charge in [-0.1, -0.05) is 35.3 Å². The van der Waals surface area contributed by atoms with E-state index in [0.717, 1.165) is 12.1 Å². The molecule has 1 fully saturated rings. The summed E-state index contributed by atoms with van der Waals surface area (Å²) >= 11 is 11.9. The number of amides is 2. The number of carbonyl (C=O) groups excluding carboxylic acids is 2. The van der Waals surface area contributed by atoms with Gasteiger partial charge in [-0.05, 0) is 48.2 Å². The maximum absolute atomic E-state index is 14.4. The first-order valence-corrected chi connectivity index (χ1v) is 12.3. The fourth-order valence-corrected chi connectivity index (χ4v) is 6.09. The quantitative estimate of drug-likeness (QED) is 0.221. The molecule has 1 unspecified atom stereocenters. The molecule has 2 amide bonds. The smallest absolute Gasteiger partial charge is 0.409 e. The number of fused-ring (bicyclic) bond motifs is 2. The van der Waals surface area contributed by atoms with Gasteiger partial charge in [-0.2, -0.15) is 13.2 Å². The highest BCUT2D eigenvalue weighted by Gasteiger charge is 2.60.